The number of hydrogen-bond acceptors (Lipinski definition) is 6. The van der Waals surface area contributed by atoms with Gasteiger partial charge in [0.25, 0.3) is 0 Å². The van der Waals surface area contributed by atoms with Crippen molar-refractivity contribution in [3.8, 4) is 0 Å². The van der Waals surface area contributed by atoms with Gasteiger partial charge in [-0.1, -0.05) is 0 Å². The molecule has 2 heterocycles. The first kappa shape index (κ1) is 26.1. The second kappa shape index (κ2) is 8.63. The Bertz CT molecular complexity index is 727. The van der Waals surface area contributed by atoms with E-state index in [9.17, 15) is 20.0 Å². The summed E-state index contributed by atoms with van der Waals surface area (Å²) >= 11 is 0. The van der Waals surface area contributed by atoms with Crippen LogP contribution in [0.15, 0.2) is 11.1 Å². The molecule has 0 atom stereocenters. The van der Waals surface area contributed by atoms with E-state index in [0.29, 0.717) is 56.1 Å². The molecule has 0 aromatic carbocycles. The van der Waals surface area contributed by atoms with E-state index in [2.05, 4.69) is 0 Å². The average Bonchev–Trinajstić information content (AvgIpc) is 3.13. The molecule has 0 N–H and O–H groups in total. The number of carbonyl (C=O) groups is 2. The number of hydrogen-bond donors (Lipinski definition) is 0. The Kier molecular flexibility index (Phi) is 6.83. The van der Waals surface area contributed by atoms with Gasteiger partial charge >= 0.3 is 11.9 Å². The van der Waals surface area contributed by atoms with Gasteiger partial charge in [-0.3, -0.25) is 0 Å². The van der Waals surface area contributed by atoms with Crippen LogP contribution in [-0.4, -0.2) is 56.4 Å². The van der Waals surface area contributed by atoms with Crippen molar-refractivity contribution in [1.82, 2.24) is 10.1 Å². The maximum atomic E-state index is 13.0. The third kappa shape index (κ3) is 5.29. The van der Waals surface area contributed by atoms with Crippen LogP contribution in [0.1, 0.15) is 100 Å². The van der Waals surface area contributed by atoms with Gasteiger partial charge < -0.3 is 9.47 Å². The van der Waals surface area contributed by atoms with Crippen LogP contribution < -0.4 is 0 Å². The molecule has 0 aromatic rings. The van der Waals surface area contributed by atoms with Gasteiger partial charge in [-0.2, -0.15) is 0 Å². The molecule has 2 saturated heterocycles. The summed E-state index contributed by atoms with van der Waals surface area (Å²) in [5.41, 5.74) is -1.80. The van der Waals surface area contributed by atoms with Crippen molar-refractivity contribution in [2.75, 3.05) is 0 Å². The highest BCUT2D eigenvalue weighted by Crippen LogP contribution is 2.41. The number of piperidine rings is 2. The normalized spacial score (nSPS) is 28.1. The summed E-state index contributed by atoms with van der Waals surface area (Å²) in [5, 5.41) is 27.4. The first-order valence-electron chi connectivity index (χ1n) is 12.1. The van der Waals surface area contributed by atoms with Gasteiger partial charge in [-0.15, -0.1) is 20.5 Å². The smallest absolute Gasteiger partial charge is 0.334 e. The van der Waals surface area contributed by atoms with Crippen molar-refractivity contribution >= 4 is 11.9 Å². The fraction of sp³-hybridized carbons (Fsp3) is 0.840. The SMILES string of the molecule is CC1(C)CC(OC(=O)C2=C(C(=O)OC3CC(C)(C)N([O])C(C)(C)C3)CCC2)CC(C)(C)N1[O]. The molecule has 33 heavy (non-hydrogen) atoms. The van der Waals surface area contributed by atoms with Gasteiger partial charge in [0.2, 0.25) is 0 Å². The van der Waals surface area contributed by atoms with E-state index in [4.69, 9.17) is 9.47 Å². The first-order valence-corrected chi connectivity index (χ1v) is 12.1. The molecule has 2 fully saturated rings. The number of ether oxygens (including phenoxy) is 2. The van der Waals surface area contributed by atoms with Crippen molar-refractivity contribution < 1.29 is 29.5 Å². The molecule has 2 radical (unpaired) electrons. The van der Waals surface area contributed by atoms with E-state index in [0.717, 1.165) is 10.1 Å². The van der Waals surface area contributed by atoms with Crippen LogP contribution in [0.5, 0.6) is 0 Å². The van der Waals surface area contributed by atoms with Crippen molar-refractivity contribution in [3.63, 3.8) is 0 Å². The lowest BCUT2D eigenvalue weighted by Gasteiger charge is -2.49. The maximum Gasteiger partial charge on any atom is 0.334 e. The standard InChI is InChI=1S/C25H40N2O6/c1-22(2)12-16(13-23(3,4)26(22)30)32-20(28)18-10-9-11-19(18)21(29)33-17-14-24(5,6)27(31)25(7,8)15-17/h16-17H,9-15H2,1-8H3. The number of nitrogens with zero attached hydrogens (tertiary/aromatic N) is 2. The minimum atomic E-state index is -0.644. The van der Waals surface area contributed by atoms with Crippen molar-refractivity contribution in [2.24, 2.45) is 0 Å². The number of carbonyl (C=O) groups excluding carboxylic acids is 2. The molecule has 8 heteroatoms. The summed E-state index contributed by atoms with van der Waals surface area (Å²) in [7, 11) is 0. The van der Waals surface area contributed by atoms with Gasteiger partial charge in [0.15, 0.2) is 0 Å². The van der Waals surface area contributed by atoms with E-state index in [-0.39, 0.29) is 12.2 Å². The molecule has 0 amide bonds. The van der Waals surface area contributed by atoms with Gasteiger partial charge in [0.05, 0.1) is 0 Å². The molecule has 0 spiro atoms. The highest BCUT2D eigenvalue weighted by atomic mass is 16.6. The summed E-state index contributed by atoms with van der Waals surface area (Å²) < 4.78 is 11.7. The minimum Gasteiger partial charge on any atom is -0.459 e. The van der Waals surface area contributed by atoms with E-state index in [1.807, 2.05) is 55.4 Å². The zero-order chi connectivity index (χ0) is 25.0. The highest BCUT2D eigenvalue weighted by Gasteiger charge is 2.49. The zero-order valence-electron chi connectivity index (χ0n) is 21.4. The van der Waals surface area contributed by atoms with E-state index >= 15 is 0 Å². The molecule has 0 saturated carbocycles. The second-order valence-electron chi connectivity index (χ2n) is 12.5. The highest BCUT2D eigenvalue weighted by molar-refractivity contribution is 6.01. The summed E-state index contributed by atoms with van der Waals surface area (Å²) in [4.78, 5) is 26.1. The fourth-order valence-corrected chi connectivity index (χ4v) is 6.15. The molecule has 1 aliphatic carbocycles. The molecule has 8 nitrogen and oxygen atoms in total. The molecular weight excluding hydrogens is 424 g/mol. The Morgan fingerprint density at radius 1 is 0.636 bits per heavy atom. The molecule has 3 aliphatic rings. The lowest BCUT2D eigenvalue weighted by atomic mass is 9.80. The first-order chi connectivity index (χ1) is 15.0. The van der Waals surface area contributed by atoms with Crippen molar-refractivity contribution in [1.29, 1.82) is 0 Å². The summed E-state index contributed by atoms with van der Waals surface area (Å²) in [6.07, 6.45) is 2.64. The molecule has 0 bridgehead atoms. The lowest BCUT2D eigenvalue weighted by molar-refractivity contribution is -0.299. The van der Waals surface area contributed by atoms with Crippen LogP contribution in [0.25, 0.3) is 0 Å². The Hall–Kier alpha value is -1.48. The zero-order valence-corrected chi connectivity index (χ0v) is 21.4. The summed E-state index contributed by atoms with van der Waals surface area (Å²) in [6, 6.07) is 0. The monoisotopic (exact) mass is 464 g/mol. The Balaban J connectivity index is 1.71. The maximum absolute atomic E-state index is 13.0. The van der Waals surface area contributed by atoms with Gasteiger partial charge in [0.1, 0.15) is 12.2 Å². The quantitative estimate of drug-likeness (QED) is 0.576. The summed E-state index contributed by atoms with van der Waals surface area (Å²) in [6.45, 7) is 14.9. The van der Waals surface area contributed by atoms with Crippen LogP contribution in [-0.2, 0) is 29.5 Å². The predicted octanol–water partition coefficient (Wildman–Crippen LogP) is 4.29. The number of hydroxylamine groups is 4. The predicted molar refractivity (Wildman–Crippen MR) is 120 cm³/mol. The van der Waals surface area contributed by atoms with Crippen LogP contribution in [0.2, 0.25) is 0 Å². The average molecular weight is 465 g/mol. The van der Waals surface area contributed by atoms with E-state index < -0.39 is 34.1 Å². The van der Waals surface area contributed by atoms with Gasteiger partial charge in [-0.05, 0) is 74.7 Å². The number of esters is 2. The largest absolute Gasteiger partial charge is 0.459 e. The molecule has 0 aromatic heterocycles. The number of rotatable bonds is 4. The Morgan fingerprint density at radius 3 is 1.18 bits per heavy atom. The molecule has 0 unspecified atom stereocenters. The molecule has 186 valence electrons. The Labute approximate surface area is 197 Å². The summed E-state index contributed by atoms with van der Waals surface area (Å²) in [5.74, 6) is -0.962. The van der Waals surface area contributed by atoms with Gasteiger partial charge in [-0.25, -0.2) is 9.59 Å². The van der Waals surface area contributed by atoms with E-state index in [1.165, 1.54) is 0 Å². The fourth-order valence-electron chi connectivity index (χ4n) is 6.15. The van der Waals surface area contributed by atoms with Crippen LogP contribution in [0.4, 0.5) is 0 Å². The minimum absolute atomic E-state index is 0.388. The van der Waals surface area contributed by atoms with Crippen molar-refractivity contribution in [2.45, 2.75) is 135 Å². The van der Waals surface area contributed by atoms with Crippen LogP contribution >= 0.6 is 0 Å². The third-order valence-corrected chi connectivity index (χ3v) is 7.37. The molecule has 3 rings (SSSR count). The lowest BCUT2D eigenvalue weighted by Crippen LogP contribution is -2.60. The van der Waals surface area contributed by atoms with E-state index in [1.54, 1.807) is 0 Å². The van der Waals surface area contributed by atoms with Crippen molar-refractivity contribution in [3.05, 3.63) is 11.1 Å². The van der Waals surface area contributed by atoms with Crippen LogP contribution in [0.3, 0.4) is 0 Å². The topological polar surface area (TPSA) is 98.9 Å². The van der Waals surface area contributed by atoms with Gasteiger partial charge in [0, 0.05) is 59.0 Å². The molecular formula is C25H40N2O6. The Morgan fingerprint density at radius 2 is 0.909 bits per heavy atom. The molecule has 2 aliphatic heterocycles. The van der Waals surface area contributed by atoms with Crippen LogP contribution in [0, 0.1) is 0 Å². The second-order valence-corrected chi connectivity index (χ2v) is 12.5. The third-order valence-electron chi connectivity index (χ3n) is 7.37.